The molecule has 30 heavy (non-hydrogen) atoms. The second kappa shape index (κ2) is 7.03. The normalized spacial score (nSPS) is 23.1. The molecule has 1 aliphatic carbocycles. The van der Waals surface area contributed by atoms with Crippen molar-refractivity contribution in [2.45, 2.75) is 24.9 Å². The maximum atomic E-state index is 4.67. The first-order chi connectivity index (χ1) is 14.7. The van der Waals surface area contributed by atoms with Crippen molar-refractivity contribution in [2.75, 3.05) is 38.5 Å². The Hall–Kier alpha value is -3.04. The second-order valence-electron chi connectivity index (χ2n) is 8.40. The maximum absolute atomic E-state index is 4.67. The Morgan fingerprint density at radius 1 is 0.933 bits per heavy atom. The molecule has 0 radical (unpaired) electrons. The Kier molecular flexibility index (Phi) is 4.17. The van der Waals surface area contributed by atoms with Crippen LogP contribution < -0.4 is 5.32 Å². The fraction of sp³-hybridized carbons (Fsp3) is 0.429. The third kappa shape index (κ3) is 3.10. The van der Waals surface area contributed by atoms with Gasteiger partial charge in [0.25, 0.3) is 0 Å². The van der Waals surface area contributed by atoms with Crippen LogP contribution in [0.3, 0.4) is 0 Å². The van der Waals surface area contributed by atoms with Crippen LogP contribution in [-0.2, 0) is 0 Å². The molecule has 0 unspecified atom stereocenters. The van der Waals surface area contributed by atoms with Gasteiger partial charge in [-0.1, -0.05) is 0 Å². The van der Waals surface area contributed by atoms with Crippen LogP contribution in [0.25, 0.3) is 22.4 Å². The predicted octanol–water partition coefficient (Wildman–Crippen LogP) is 1.63. The van der Waals surface area contributed by atoms with Crippen LogP contribution in [0.5, 0.6) is 0 Å². The van der Waals surface area contributed by atoms with E-state index < -0.39 is 0 Å². The number of hydrogen-bond acceptors (Lipinski definition) is 7. The van der Waals surface area contributed by atoms with Crippen molar-refractivity contribution < 1.29 is 0 Å². The van der Waals surface area contributed by atoms with Gasteiger partial charge in [0.2, 0.25) is 5.95 Å². The van der Waals surface area contributed by atoms with Gasteiger partial charge < -0.3 is 10.2 Å². The summed E-state index contributed by atoms with van der Waals surface area (Å²) in [6, 6.07) is 7.13. The highest BCUT2D eigenvalue weighted by molar-refractivity contribution is 5.78. The molecule has 9 heteroatoms. The van der Waals surface area contributed by atoms with E-state index in [0.717, 1.165) is 35.3 Å². The lowest BCUT2D eigenvalue weighted by molar-refractivity contribution is 0.0656. The molecule has 1 N–H and O–H groups in total. The zero-order valence-electron chi connectivity index (χ0n) is 17.0. The summed E-state index contributed by atoms with van der Waals surface area (Å²) in [5.74, 6) is 0.685. The molecule has 2 fully saturated rings. The first kappa shape index (κ1) is 17.8. The number of hydrogen-bond donors (Lipinski definition) is 1. The molecule has 5 heterocycles. The second-order valence-corrected chi connectivity index (χ2v) is 8.40. The number of imidazole rings is 1. The van der Waals surface area contributed by atoms with E-state index in [0.29, 0.717) is 18.0 Å². The van der Waals surface area contributed by atoms with Crippen molar-refractivity contribution >= 4 is 17.1 Å². The number of nitrogens with one attached hydrogen (secondary N) is 1. The highest BCUT2D eigenvalue weighted by Gasteiger charge is 2.35. The number of rotatable bonds is 4. The van der Waals surface area contributed by atoms with Crippen LogP contribution in [0.1, 0.15) is 12.8 Å². The first-order valence-corrected chi connectivity index (χ1v) is 10.6. The van der Waals surface area contributed by atoms with E-state index >= 15 is 0 Å². The summed E-state index contributed by atoms with van der Waals surface area (Å²) >= 11 is 0. The Morgan fingerprint density at radius 2 is 1.80 bits per heavy atom. The van der Waals surface area contributed by atoms with Crippen molar-refractivity contribution in [3.05, 3.63) is 43.0 Å². The lowest BCUT2D eigenvalue weighted by Crippen LogP contribution is -2.55. The largest absolute Gasteiger partial charge is 0.350 e. The van der Waals surface area contributed by atoms with Crippen molar-refractivity contribution in [2.24, 2.45) is 0 Å². The molecule has 2 aliphatic rings. The number of anilines is 1. The highest BCUT2D eigenvalue weighted by Crippen LogP contribution is 2.29. The monoisotopic (exact) mass is 403 g/mol. The number of aromatic nitrogens is 6. The van der Waals surface area contributed by atoms with Crippen molar-refractivity contribution in [3.8, 4) is 11.3 Å². The van der Waals surface area contributed by atoms with Gasteiger partial charge >= 0.3 is 0 Å². The minimum atomic E-state index is 0.451. The van der Waals surface area contributed by atoms with Crippen LogP contribution in [0.2, 0.25) is 0 Å². The molecule has 6 rings (SSSR count). The Bertz CT molecular complexity index is 1180. The lowest BCUT2D eigenvalue weighted by atomic mass is 9.85. The summed E-state index contributed by atoms with van der Waals surface area (Å²) in [6.07, 6.45) is 9.77. The zero-order chi connectivity index (χ0) is 20.1. The van der Waals surface area contributed by atoms with E-state index in [1.54, 1.807) is 10.7 Å². The zero-order valence-corrected chi connectivity index (χ0v) is 17.0. The van der Waals surface area contributed by atoms with Gasteiger partial charge in [0.05, 0.1) is 17.4 Å². The molecular weight excluding hydrogens is 378 g/mol. The maximum Gasteiger partial charge on any atom is 0.241 e. The minimum absolute atomic E-state index is 0.451. The van der Waals surface area contributed by atoms with E-state index in [1.807, 2.05) is 41.3 Å². The van der Waals surface area contributed by atoms with Crippen molar-refractivity contribution in [1.29, 1.82) is 0 Å². The summed E-state index contributed by atoms with van der Waals surface area (Å²) in [5.41, 5.74) is 3.66. The van der Waals surface area contributed by atoms with Crippen LogP contribution in [0.15, 0.2) is 43.0 Å². The summed E-state index contributed by atoms with van der Waals surface area (Å²) < 4.78 is 3.66. The Labute approximate surface area is 174 Å². The summed E-state index contributed by atoms with van der Waals surface area (Å²) in [4.78, 5) is 13.9. The molecule has 1 saturated heterocycles. The third-order valence-electron chi connectivity index (χ3n) is 6.45. The highest BCUT2D eigenvalue weighted by atomic mass is 15.3. The average molecular weight is 403 g/mol. The SMILES string of the molecule is CN1CCN(C2CC(Nc3ncc4c(-c5ccc6nccn6n5)ccn4n3)C2)CC1. The Balaban J connectivity index is 1.15. The topological polar surface area (TPSA) is 78.9 Å². The molecular formula is C21H25N9. The quantitative estimate of drug-likeness (QED) is 0.555. The number of likely N-dealkylation sites (N-methyl/N-ethyl adjacent to an activating group) is 1. The number of piperazine rings is 1. The molecule has 154 valence electrons. The minimum Gasteiger partial charge on any atom is -0.350 e. The molecule has 4 aromatic heterocycles. The van der Waals surface area contributed by atoms with E-state index in [1.165, 1.54) is 26.2 Å². The van der Waals surface area contributed by atoms with Gasteiger partial charge in [-0.2, -0.15) is 5.10 Å². The fourth-order valence-corrected chi connectivity index (χ4v) is 4.52. The molecule has 0 aromatic carbocycles. The summed E-state index contributed by atoms with van der Waals surface area (Å²) in [6.45, 7) is 4.71. The molecule has 0 atom stereocenters. The van der Waals surface area contributed by atoms with Crippen LogP contribution in [0, 0.1) is 0 Å². The van der Waals surface area contributed by atoms with Gasteiger partial charge in [-0.05, 0) is 38.1 Å². The lowest BCUT2D eigenvalue weighted by Gasteiger charge is -2.46. The molecule has 0 amide bonds. The first-order valence-electron chi connectivity index (χ1n) is 10.6. The van der Waals surface area contributed by atoms with Crippen LogP contribution >= 0.6 is 0 Å². The fourth-order valence-electron chi connectivity index (χ4n) is 4.52. The van der Waals surface area contributed by atoms with E-state index in [-0.39, 0.29) is 0 Å². The van der Waals surface area contributed by atoms with E-state index in [9.17, 15) is 0 Å². The van der Waals surface area contributed by atoms with Crippen LogP contribution in [-0.4, -0.2) is 84.3 Å². The molecule has 0 bridgehead atoms. The molecule has 1 aliphatic heterocycles. The average Bonchev–Trinajstić information content (AvgIpc) is 3.37. The van der Waals surface area contributed by atoms with Crippen LogP contribution in [0.4, 0.5) is 5.95 Å². The van der Waals surface area contributed by atoms with Crippen molar-refractivity contribution in [1.82, 2.24) is 39.0 Å². The van der Waals surface area contributed by atoms with E-state index in [2.05, 4.69) is 42.3 Å². The third-order valence-corrected chi connectivity index (χ3v) is 6.45. The number of fused-ring (bicyclic) bond motifs is 2. The predicted molar refractivity (Wildman–Crippen MR) is 114 cm³/mol. The summed E-state index contributed by atoms with van der Waals surface area (Å²) in [5, 5.41) is 12.8. The molecule has 9 nitrogen and oxygen atoms in total. The van der Waals surface area contributed by atoms with Gasteiger partial charge in [-0.3, -0.25) is 4.90 Å². The van der Waals surface area contributed by atoms with Gasteiger partial charge in [-0.15, -0.1) is 5.10 Å². The van der Waals surface area contributed by atoms with Gasteiger partial charge in [0.15, 0.2) is 5.65 Å². The molecule has 1 saturated carbocycles. The Morgan fingerprint density at radius 3 is 2.67 bits per heavy atom. The molecule has 0 spiro atoms. The smallest absolute Gasteiger partial charge is 0.241 e. The van der Waals surface area contributed by atoms with Gasteiger partial charge in [0, 0.05) is 62.4 Å². The number of nitrogens with zero attached hydrogens (tertiary/aromatic N) is 8. The van der Waals surface area contributed by atoms with E-state index in [4.69, 9.17) is 0 Å². The van der Waals surface area contributed by atoms with Gasteiger partial charge in [0.1, 0.15) is 0 Å². The van der Waals surface area contributed by atoms with Crippen molar-refractivity contribution in [3.63, 3.8) is 0 Å². The van der Waals surface area contributed by atoms with Gasteiger partial charge in [-0.25, -0.2) is 19.0 Å². The standard InChI is InChI=1S/C21H25N9/c1-27-8-10-28(11-9-27)16-12-15(13-16)24-21-23-14-19-17(4-6-29(19)26-21)18-2-3-20-22-5-7-30(20)25-18/h2-7,14-16H,8-13H2,1H3,(H,24,26). The molecule has 4 aromatic rings. The summed E-state index contributed by atoms with van der Waals surface area (Å²) in [7, 11) is 2.20.